The number of methoxy groups -OCH3 is 1. The van der Waals surface area contributed by atoms with Gasteiger partial charge in [-0.25, -0.2) is 0 Å². The minimum atomic E-state index is -0.568. The number of nitrogens with two attached hydrogens (primary N) is 2. The fourth-order valence-electron chi connectivity index (χ4n) is 1.61. The summed E-state index contributed by atoms with van der Waals surface area (Å²) in [6.45, 7) is 3.90. The maximum atomic E-state index is 11.9. The first-order valence-corrected chi connectivity index (χ1v) is 6.38. The molecule has 20 heavy (non-hydrogen) atoms. The zero-order valence-corrected chi connectivity index (χ0v) is 12.0. The minimum Gasteiger partial charge on any atom is -0.495 e. The monoisotopic (exact) mass is 279 g/mol. The van der Waals surface area contributed by atoms with Crippen molar-refractivity contribution in [3.05, 3.63) is 23.8 Å². The summed E-state index contributed by atoms with van der Waals surface area (Å²) in [5.41, 5.74) is 11.8. The van der Waals surface area contributed by atoms with E-state index in [2.05, 4.69) is 5.32 Å². The molecule has 0 aromatic heterocycles. The Bertz CT molecular complexity index is 500. The lowest BCUT2D eigenvalue weighted by atomic mass is 10.0. The van der Waals surface area contributed by atoms with E-state index in [9.17, 15) is 9.59 Å². The fourth-order valence-corrected chi connectivity index (χ4v) is 1.61. The number of rotatable bonds is 6. The number of carbonyl (C=O) groups excluding carboxylic acids is 2. The van der Waals surface area contributed by atoms with E-state index in [1.807, 2.05) is 13.8 Å². The Balaban J connectivity index is 2.87. The van der Waals surface area contributed by atoms with Gasteiger partial charge in [0.15, 0.2) is 0 Å². The summed E-state index contributed by atoms with van der Waals surface area (Å²) in [4.78, 5) is 23.1. The molecule has 0 spiro atoms. The number of primary amides is 1. The molecule has 1 rings (SSSR count). The van der Waals surface area contributed by atoms with Gasteiger partial charge in [0.25, 0.3) is 0 Å². The molecule has 0 saturated carbocycles. The summed E-state index contributed by atoms with van der Waals surface area (Å²) < 4.78 is 5.14. The van der Waals surface area contributed by atoms with Crippen molar-refractivity contribution in [2.45, 2.75) is 26.3 Å². The van der Waals surface area contributed by atoms with Gasteiger partial charge in [-0.05, 0) is 24.1 Å². The molecule has 1 aromatic carbocycles. The molecule has 6 heteroatoms. The molecule has 5 N–H and O–H groups in total. The van der Waals surface area contributed by atoms with Crippen LogP contribution < -0.4 is 21.5 Å². The normalized spacial score (nSPS) is 12.1. The van der Waals surface area contributed by atoms with Crippen molar-refractivity contribution >= 4 is 17.5 Å². The van der Waals surface area contributed by atoms with Crippen LogP contribution in [0.2, 0.25) is 0 Å². The second-order valence-electron chi connectivity index (χ2n) is 4.94. The third-order valence-corrected chi connectivity index (χ3v) is 3.04. The van der Waals surface area contributed by atoms with Crippen molar-refractivity contribution in [3.63, 3.8) is 0 Å². The Morgan fingerprint density at radius 1 is 1.35 bits per heavy atom. The molecule has 1 atom stereocenters. The van der Waals surface area contributed by atoms with Gasteiger partial charge in [-0.15, -0.1) is 0 Å². The first kappa shape index (κ1) is 16.0. The molecule has 110 valence electrons. The fraction of sp³-hybridized carbons (Fsp3) is 0.429. The standard InChI is InChI=1S/C14H21N3O3/c1-8(2)10(15)7-13(18)17-11-6-9(14(16)19)4-5-12(11)20-3/h4-6,8,10H,7,15H2,1-3H3,(H2,16,19)(H,17,18). The van der Waals surface area contributed by atoms with Gasteiger partial charge in [0, 0.05) is 18.0 Å². The van der Waals surface area contributed by atoms with Gasteiger partial charge in [-0.2, -0.15) is 0 Å². The van der Waals surface area contributed by atoms with Crippen molar-refractivity contribution in [2.75, 3.05) is 12.4 Å². The molecule has 0 radical (unpaired) electrons. The van der Waals surface area contributed by atoms with Gasteiger partial charge < -0.3 is 21.5 Å². The Labute approximate surface area is 118 Å². The first-order chi connectivity index (χ1) is 9.35. The number of amides is 2. The Hall–Kier alpha value is -2.08. The second kappa shape index (κ2) is 6.91. The van der Waals surface area contributed by atoms with Crippen molar-refractivity contribution in [1.29, 1.82) is 0 Å². The van der Waals surface area contributed by atoms with Gasteiger partial charge in [0.1, 0.15) is 5.75 Å². The predicted molar refractivity (Wildman–Crippen MR) is 77.6 cm³/mol. The lowest BCUT2D eigenvalue weighted by Gasteiger charge is -2.16. The van der Waals surface area contributed by atoms with Crippen LogP contribution in [0.15, 0.2) is 18.2 Å². The number of ether oxygens (including phenoxy) is 1. The largest absolute Gasteiger partial charge is 0.495 e. The highest BCUT2D eigenvalue weighted by atomic mass is 16.5. The molecule has 2 amide bonds. The first-order valence-electron chi connectivity index (χ1n) is 6.38. The van der Waals surface area contributed by atoms with Crippen molar-refractivity contribution in [2.24, 2.45) is 17.4 Å². The zero-order chi connectivity index (χ0) is 15.3. The summed E-state index contributed by atoms with van der Waals surface area (Å²) >= 11 is 0. The highest BCUT2D eigenvalue weighted by Gasteiger charge is 2.15. The van der Waals surface area contributed by atoms with Crippen molar-refractivity contribution < 1.29 is 14.3 Å². The van der Waals surface area contributed by atoms with E-state index in [-0.39, 0.29) is 24.3 Å². The molecule has 0 fully saturated rings. The maximum absolute atomic E-state index is 11.9. The molecule has 6 nitrogen and oxygen atoms in total. The Morgan fingerprint density at radius 3 is 2.50 bits per heavy atom. The third kappa shape index (κ3) is 4.24. The number of anilines is 1. The molecular formula is C14H21N3O3. The molecule has 0 aliphatic carbocycles. The summed E-state index contributed by atoms with van der Waals surface area (Å²) in [6.07, 6.45) is 0.196. The lowest BCUT2D eigenvalue weighted by Crippen LogP contribution is -2.31. The molecule has 0 bridgehead atoms. The van der Waals surface area contributed by atoms with Crippen LogP contribution in [0.1, 0.15) is 30.6 Å². The molecule has 1 aromatic rings. The zero-order valence-electron chi connectivity index (χ0n) is 12.0. The van der Waals surface area contributed by atoms with E-state index in [4.69, 9.17) is 16.2 Å². The van der Waals surface area contributed by atoms with E-state index >= 15 is 0 Å². The minimum absolute atomic E-state index is 0.196. The van der Waals surface area contributed by atoms with Gasteiger partial charge in [-0.1, -0.05) is 13.8 Å². The summed E-state index contributed by atoms with van der Waals surface area (Å²) in [5.74, 6) is -0.130. The highest BCUT2D eigenvalue weighted by Crippen LogP contribution is 2.25. The molecular weight excluding hydrogens is 258 g/mol. The van der Waals surface area contributed by atoms with Crippen molar-refractivity contribution in [3.8, 4) is 5.75 Å². The van der Waals surface area contributed by atoms with Crippen LogP contribution in [-0.4, -0.2) is 25.0 Å². The van der Waals surface area contributed by atoms with Crippen LogP contribution >= 0.6 is 0 Å². The van der Waals surface area contributed by atoms with Gasteiger partial charge >= 0.3 is 0 Å². The highest BCUT2D eigenvalue weighted by molar-refractivity contribution is 5.97. The summed E-state index contributed by atoms with van der Waals surface area (Å²) in [6, 6.07) is 4.38. The Kier molecular flexibility index (Phi) is 5.52. The number of hydrogen-bond acceptors (Lipinski definition) is 4. The van der Waals surface area contributed by atoms with E-state index in [0.717, 1.165) is 0 Å². The van der Waals surface area contributed by atoms with E-state index in [0.29, 0.717) is 17.0 Å². The molecule has 0 heterocycles. The maximum Gasteiger partial charge on any atom is 0.248 e. The van der Waals surface area contributed by atoms with Crippen LogP contribution in [0.5, 0.6) is 5.75 Å². The van der Waals surface area contributed by atoms with Crippen molar-refractivity contribution in [1.82, 2.24) is 0 Å². The van der Waals surface area contributed by atoms with Crippen LogP contribution in [-0.2, 0) is 4.79 Å². The summed E-state index contributed by atoms with van der Waals surface area (Å²) in [7, 11) is 1.48. The predicted octanol–water partition coefficient (Wildman–Crippen LogP) is 1.11. The number of benzene rings is 1. The topological polar surface area (TPSA) is 107 Å². The Morgan fingerprint density at radius 2 is 2.00 bits per heavy atom. The molecule has 0 aliphatic rings. The van der Waals surface area contributed by atoms with E-state index < -0.39 is 5.91 Å². The quantitative estimate of drug-likeness (QED) is 0.724. The van der Waals surface area contributed by atoms with Gasteiger partial charge in [-0.3, -0.25) is 9.59 Å². The second-order valence-corrected chi connectivity index (χ2v) is 4.94. The number of hydrogen-bond donors (Lipinski definition) is 3. The van der Waals surface area contributed by atoms with E-state index in [1.165, 1.54) is 19.2 Å². The van der Waals surface area contributed by atoms with E-state index in [1.54, 1.807) is 6.07 Å². The number of nitrogens with one attached hydrogen (secondary N) is 1. The van der Waals surface area contributed by atoms with Gasteiger partial charge in [0.05, 0.1) is 12.8 Å². The van der Waals surface area contributed by atoms with Crippen LogP contribution in [0.25, 0.3) is 0 Å². The smallest absolute Gasteiger partial charge is 0.248 e. The SMILES string of the molecule is COc1ccc(C(N)=O)cc1NC(=O)CC(N)C(C)C. The number of carbonyl (C=O) groups is 2. The third-order valence-electron chi connectivity index (χ3n) is 3.04. The lowest BCUT2D eigenvalue weighted by molar-refractivity contribution is -0.116. The van der Waals surface area contributed by atoms with Crippen LogP contribution in [0.3, 0.4) is 0 Å². The summed E-state index contributed by atoms with van der Waals surface area (Å²) in [5, 5.41) is 2.69. The average molecular weight is 279 g/mol. The van der Waals surface area contributed by atoms with Crippen LogP contribution in [0, 0.1) is 5.92 Å². The van der Waals surface area contributed by atoms with Crippen LogP contribution in [0.4, 0.5) is 5.69 Å². The molecule has 0 saturated heterocycles. The molecule has 1 unspecified atom stereocenters. The average Bonchev–Trinajstić information content (AvgIpc) is 2.38. The molecule has 0 aliphatic heterocycles. The van der Waals surface area contributed by atoms with Gasteiger partial charge in [0.2, 0.25) is 11.8 Å².